The van der Waals surface area contributed by atoms with Gasteiger partial charge in [-0.25, -0.2) is 4.98 Å². The highest BCUT2D eigenvalue weighted by molar-refractivity contribution is 5.96. The zero-order valence-electron chi connectivity index (χ0n) is 19.5. The van der Waals surface area contributed by atoms with Crippen LogP contribution in [0.5, 0.6) is 5.88 Å². The standard InChI is InChI=1S/C27H32N2O4/c1-32-23-14-21(11-12-28-23)20-9-6-10-22(13-20)29(24(30)19-7-4-3-5-8-19)18-26-15-27(16-26,17-26)25(31)33-2/h6,9-14,19H,3-5,7-8,15-18H2,1-2H3. The lowest BCUT2D eigenvalue weighted by atomic mass is 9.35. The lowest BCUT2D eigenvalue weighted by Gasteiger charge is -2.69. The van der Waals surface area contributed by atoms with E-state index in [4.69, 9.17) is 9.47 Å². The third-order valence-electron chi connectivity index (χ3n) is 7.91. The number of aromatic nitrogens is 1. The van der Waals surface area contributed by atoms with Crippen molar-refractivity contribution in [2.24, 2.45) is 16.7 Å². The van der Waals surface area contributed by atoms with Crippen molar-refractivity contribution in [2.75, 3.05) is 25.7 Å². The number of carbonyl (C=O) groups excluding carboxylic acids is 2. The molecule has 6 nitrogen and oxygen atoms in total. The summed E-state index contributed by atoms with van der Waals surface area (Å²) in [7, 11) is 3.08. The maximum absolute atomic E-state index is 13.8. The number of methoxy groups -OCH3 is 2. The highest BCUT2D eigenvalue weighted by Crippen LogP contribution is 2.74. The maximum atomic E-state index is 13.8. The molecular weight excluding hydrogens is 416 g/mol. The van der Waals surface area contributed by atoms with Gasteiger partial charge in [0, 0.05) is 30.4 Å². The Balaban J connectivity index is 1.42. The Morgan fingerprint density at radius 3 is 2.45 bits per heavy atom. The van der Waals surface area contributed by atoms with Gasteiger partial charge in [0.2, 0.25) is 11.8 Å². The number of benzene rings is 1. The minimum absolute atomic E-state index is 0.0361. The Hall–Kier alpha value is -2.89. The molecule has 4 aliphatic carbocycles. The predicted molar refractivity (Wildman–Crippen MR) is 126 cm³/mol. The third-order valence-corrected chi connectivity index (χ3v) is 7.91. The molecule has 0 aliphatic heterocycles. The molecule has 0 saturated heterocycles. The molecule has 1 heterocycles. The number of rotatable bonds is 7. The lowest BCUT2D eigenvalue weighted by molar-refractivity contribution is -0.221. The SMILES string of the molecule is COC(=O)C12CC(CN(C(=O)C3CCCCC3)c3cccc(-c4ccnc(OC)c4)c3)(C1)C2. The normalized spacial score (nSPS) is 26.0. The maximum Gasteiger partial charge on any atom is 0.311 e. The van der Waals surface area contributed by atoms with Gasteiger partial charge in [-0.05, 0) is 66.8 Å². The van der Waals surface area contributed by atoms with Crippen molar-refractivity contribution < 1.29 is 19.1 Å². The Bertz CT molecular complexity index is 1040. The monoisotopic (exact) mass is 448 g/mol. The molecule has 0 unspecified atom stereocenters. The summed E-state index contributed by atoms with van der Waals surface area (Å²) in [6, 6.07) is 12.1. The number of hydrogen-bond acceptors (Lipinski definition) is 5. The van der Waals surface area contributed by atoms with Crippen LogP contribution in [0.25, 0.3) is 11.1 Å². The van der Waals surface area contributed by atoms with E-state index < -0.39 is 0 Å². The number of ether oxygens (including phenoxy) is 2. The van der Waals surface area contributed by atoms with Crippen LogP contribution in [0.3, 0.4) is 0 Å². The average molecular weight is 449 g/mol. The molecule has 1 amide bonds. The molecule has 6 rings (SSSR count). The third kappa shape index (κ3) is 3.90. The van der Waals surface area contributed by atoms with Crippen LogP contribution < -0.4 is 9.64 Å². The highest BCUT2D eigenvalue weighted by atomic mass is 16.5. The van der Waals surface area contributed by atoms with E-state index in [0.717, 1.165) is 61.8 Å². The van der Waals surface area contributed by atoms with E-state index in [1.807, 2.05) is 29.2 Å². The van der Waals surface area contributed by atoms with Crippen LogP contribution in [0.2, 0.25) is 0 Å². The van der Waals surface area contributed by atoms with Crippen molar-refractivity contribution in [2.45, 2.75) is 51.4 Å². The molecule has 4 saturated carbocycles. The van der Waals surface area contributed by atoms with E-state index in [2.05, 4.69) is 17.1 Å². The largest absolute Gasteiger partial charge is 0.481 e. The summed E-state index contributed by atoms with van der Waals surface area (Å²) in [5.74, 6) is 0.791. The second-order valence-electron chi connectivity index (χ2n) is 10.2. The highest BCUT2D eigenvalue weighted by Gasteiger charge is 2.72. The summed E-state index contributed by atoms with van der Waals surface area (Å²) in [6.45, 7) is 0.671. The zero-order chi connectivity index (χ0) is 23.1. The molecule has 2 aromatic rings. The van der Waals surface area contributed by atoms with Gasteiger partial charge >= 0.3 is 5.97 Å². The molecule has 33 heavy (non-hydrogen) atoms. The molecule has 1 aromatic heterocycles. The van der Waals surface area contributed by atoms with E-state index in [9.17, 15) is 9.59 Å². The average Bonchev–Trinajstić information content (AvgIpc) is 2.82. The van der Waals surface area contributed by atoms with Gasteiger partial charge in [0.05, 0.1) is 19.6 Å². The van der Waals surface area contributed by atoms with Gasteiger partial charge in [0.25, 0.3) is 0 Å². The zero-order valence-corrected chi connectivity index (χ0v) is 19.5. The second-order valence-corrected chi connectivity index (χ2v) is 10.2. The first-order chi connectivity index (χ1) is 16.0. The molecule has 0 N–H and O–H groups in total. The predicted octanol–water partition coefficient (Wildman–Crippen LogP) is 5.01. The van der Waals surface area contributed by atoms with Crippen LogP contribution in [0.4, 0.5) is 5.69 Å². The van der Waals surface area contributed by atoms with Crippen LogP contribution in [-0.2, 0) is 14.3 Å². The number of carbonyl (C=O) groups is 2. The van der Waals surface area contributed by atoms with Crippen LogP contribution in [-0.4, -0.2) is 37.6 Å². The second kappa shape index (κ2) is 8.47. The summed E-state index contributed by atoms with van der Waals surface area (Å²) in [5.41, 5.74) is 2.69. The fourth-order valence-electron chi connectivity index (χ4n) is 6.35. The summed E-state index contributed by atoms with van der Waals surface area (Å²) < 4.78 is 10.3. The first-order valence-corrected chi connectivity index (χ1v) is 12.0. The summed E-state index contributed by atoms with van der Waals surface area (Å²) >= 11 is 0. The number of anilines is 1. The van der Waals surface area contributed by atoms with Crippen molar-refractivity contribution in [1.29, 1.82) is 0 Å². The van der Waals surface area contributed by atoms with Crippen molar-refractivity contribution >= 4 is 17.6 Å². The van der Waals surface area contributed by atoms with Gasteiger partial charge in [-0.1, -0.05) is 31.4 Å². The minimum atomic E-state index is -0.302. The molecule has 1 aromatic carbocycles. The molecule has 0 atom stereocenters. The molecule has 6 heteroatoms. The molecule has 4 fully saturated rings. The van der Waals surface area contributed by atoms with E-state index in [0.29, 0.717) is 12.4 Å². The molecule has 2 bridgehead atoms. The fraction of sp³-hybridized carbons (Fsp3) is 0.519. The Morgan fingerprint density at radius 2 is 1.76 bits per heavy atom. The fourth-order valence-corrected chi connectivity index (χ4v) is 6.35. The summed E-state index contributed by atoms with van der Waals surface area (Å²) in [5, 5.41) is 0. The first kappa shape index (κ1) is 21.9. The van der Waals surface area contributed by atoms with Crippen LogP contribution >= 0.6 is 0 Å². The minimum Gasteiger partial charge on any atom is -0.481 e. The molecule has 0 spiro atoms. The van der Waals surface area contributed by atoms with Gasteiger partial charge in [-0.3, -0.25) is 9.59 Å². The van der Waals surface area contributed by atoms with E-state index in [1.165, 1.54) is 13.5 Å². The Morgan fingerprint density at radius 1 is 1.03 bits per heavy atom. The van der Waals surface area contributed by atoms with Crippen molar-refractivity contribution in [3.05, 3.63) is 42.6 Å². The summed E-state index contributed by atoms with van der Waals surface area (Å²) in [4.78, 5) is 32.1. The van der Waals surface area contributed by atoms with Crippen LogP contribution in [0.1, 0.15) is 51.4 Å². The van der Waals surface area contributed by atoms with Crippen molar-refractivity contribution in [1.82, 2.24) is 4.98 Å². The molecule has 4 aliphatic rings. The Labute approximate surface area is 195 Å². The molecule has 0 radical (unpaired) electrons. The molecule has 174 valence electrons. The quantitative estimate of drug-likeness (QED) is 0.557. The van der Waals surface area contributed by atoms with Crippen molar-refractivity contribution in [3.8, 4) is 17.0 Å². The van der Waals surface area contributed by atoms with Gasteiger partial charge in [-0.2, -0.15) is 0 Å². The van der Waals surface area contributed by atoms with E-state index in [1.54, 1.807) is 13.3 Å². The van der Waals surface area contributed by atoms with Gasteiger partial charge in [0.1, 0.15) is 0 Å². The summed E-state index contributed by atoms with van der Waals surface area (Å²) in [6.07, 6.45) is 9.60. The van der Waals surface area contributed by atoms with Crippen LogP contribution in [0.15, 0.2) is 42.6 Å². The van der Waals surface area contributed by atoms with E-state index >= 15 is 0 Å². The Kier molecular flexibility index (Phi) is 5.63. The van der Waals surface area contributed by atoms with Gasteiger partial charge < -0.3 is 14.4 Å². The van der Waals surface area contributed by atoms with Crippen LogP contribution in [0, 0.1) is 16.7 Å². The smallest absolute Gasteiger partial charge is 0.311 e. The topological polar surface area (TPSA) is 68.7 Å². The number of hydrogen-bond donors (Lipinski definition) is 0. The van der Waals surface area contributed by atoms with Gasteiger partial charge in [0.15, 0.2) is 0 Å². The van der Waals surface area contributed by atoms with Gasteiger partial charge in [-0.15, -0.1) is 0 Å². The lowest BCUT2D eigenvalue weighted by Crippen LogP contribution is -2.69. The number of esters is 1. The number of amides is 1. The van der Waals surface area contributed by atoms with E-state index in [-0.39, 0.29) is 28.6 Å². The number of nitrogens with zero attached hydrogens (tertiary/aromatic N) is 2. The van der Waals surface area contributed by atoms with Crippen molar-refractivity contribution in [3.63, 3.8) is 0 Å². The number of pyridine rings is 1. The molecular formula is C27H32N2O4. The first-order valence-electron chi connectivity index (χ1n) is 12.0.